The van der Waals surface area contributed by atoms with Crippen molar-refractivity contribution in [1.82, 2.24) is 9.97 Å². The van der Waals surface area contributed by atoms with Crippen LogP contribution in [0, 0.1) is 15.9 Å². The first-order valence-corrected chi connectivity index (χ1v) is 14.7. The molecule has 1 aromatic heterocycles. The summed E-state index contributed by atoms with van der Waals surface area (Å²) in [5, 5.41) is 29.9. The van der Waals surface area contributed by atoms with Gasteiger partial charge in [0.25, 0.3) is 5.09 Å². The summed E-state index contributed by atoms with van der Waals surface area (Å²) in [6.45, 7) is 3.20. The Kier molecular flexibility index (Phi) is 13.2. The van der Waals surface area contributed by atoms with Crippen molar-refractivity contribution in [1.29, 1.82) is 0 Å². The summed E-state index contributed by atoms with van der Waals surface area (Å²) in [7, 11) is -2.37. The van der Waals surface area contributed by atoms with Crippen LogP contribution in [0.4, 0.5) is 10.3 Å². The number of halogens is 1. The van der Waals surface area contributed by atoms with Crippen LogP contribution in [0.3, 0.4) is 0 Å². The molecule has 0 aliphatic heterocycles. The fourth-order valence-corrected chi connectivity index (χ4v) is 3.96. The molecule has 0 saturated carbocycles. The number of aliphatic hydroxyl groups excluding tert-OH is 2. The molecular weight excluding hydrogens is 579 g/mol. The second-order valence-corrected chi connectivity index (χ2v) is 11.5. The lowest BCUT2D eigenvalue weighted by Gasteiger charge is -2.20. The van der Waals surface area contributed by atoms with E-state index in [9.17, 15) is 37.9 Å². The molecule has 0 bridgehead atoms. The summed E-state index contributed by atoms with van der Waals surface area (Å²) in [5.74, 6) is -1.49. The molecule has 2 atom stereocenters. The van der Waals surface area contributed by atoms with Crippen molar-refractivity contribution in [3.8, 4) is 11.3 Å². The van der Waals surface area contributed by atoms with Crippen LogP contribution in [-0.2, 0) is 29.1 Å². The Morgan fingerprint density at radius 2 is 1.79 bits per heavy atom. The molecule has 0 saturated heterocycles. The van der Waals surface area contributed by atoms with Gasteiger partial charge in [-0.1, -0.05) is 26.0 Å². The number of carbonyl (C=O) groups is 1. The number of aromatic nitrogens is 2. The largest absolute Gasteiger partial charge is 0.463 e. The van der Waals surface area contributed by atoms with Gasteiger partial charge in [0.1, 0.15) is 19.0 Å². The number of benzene rings is 1. The van der Waals surface area contributed by atoms with E-state index in [4.69, 9.17) is 9.47 Å². The number of sulfonamides is 1. The van der Waals surface area contributed by atoms with Gasteiger partial charge in [0.2, 0.25) is 16.0 Å². The van der Waals surface area contributed by atoms with Gasteiger partial charge in [0.05, 0.1) is 49.5 Å². The molecule has 42 heavy (non-hydrogen) atoms. The first-order valence-electron chi connectivity index (χ1n) is 12.9. The molecule has 0 amide bonds. The first kappa shape index (κ1) is 34.5. The fourth-order valence-electron chi connectivity index (χ4n) is 3.58. The Hall–Kier alpha value is -3.73. The second kappa shape index (κ2) is 16.1. The van der Waals surface area contributed by atoms with E-state index in [2.05, 4.69) is 14.8 Å². The van der Waals surface area contributed by atoms with Gasteiger partial charge < -0.3 is 24.5 Å². The topological polar surface area (TPSA) is 192 Å². The highest BCUT2D eigenvalue weighted by atomic mass is 32.2. The van der Waals surface area contributed by atoms with Crippen molar-refractivity contribution >= 4 is 28.0 Å². The van der Waals surface area contributed by atoms with Gasteiger partial charge in [-0.05, 0) is 30.2 Å². The van der Waals surface area contributed by atoms with Crippen molar-refractivity contribution in [2.45, 2.75) is 44.8 Å². The first-order chi connectivity index (χ1) is 19.7. The Morgan fingerprint density at radius 1 is 1.14 bits per heavy atom. The van der Waals surface area contributed by atoms with E-state index >= 15 is 0 Å². The van der Waals surface area contributed by atoms with E-state index in [1.54, 1.807) is 0 Å². The predicted octanol–water partition coefficient (Wildman–Crippen LogP) is 2.09. The number of anilines is 1. The zero-order chi connectivity index (χ0) is 31.4. The molecule has 0 fully saturated rings. The lowest BCUT2D eigenvalue weighted by atomic mass is 9.97. The van der Waals surface area contributed by atoms with Crippen molar-refractivity contribution in [3.05, 3.63) is 57.5 Å². The zero-order valence-electron chi connectivity index (χ0n) is 23.7. The molecule has 14 nitrogen and oxygen atoms in total. The number of hydrogen-bond acceptors (Lipinski definition) is 12. The lowest BCUT2D eigenvalue weighted by Crippen LogP contribution is -2.27. The standard InChI is InChI=1S/C26H35FN4O10S/c1-17(2)24-22(25(18-5-7-19(27)8-6-18)29-26(28-24)30(3)42(4,37)38)10-9-20(32)15-21(33)16-23(34)40-13-11-39-12-14-41-31(35)36/h5-10,17,20-21,32-33H,11-16H2,1-4H3/b10-9+/t20-,21-/m1/s1. The van der Waals surface area contributed by atoms with E-state index in [0.717, 1.165) is 10.6 Å². The minimum atomic E-state index is -3.69. The van der Waals surface area contributed by atoms with E-state index < -0.39 is 45.5 Å². The van der Waals surface area contributed by atoms with Crippen LogP contribution in [0.25, 0.3) is 17.3 Å². The Morgan fingerprint density at radius 3 is 2.38 bits per heavy atom. The molecule has 1 aromatic carbocycles. The van der Waals surface area contributed by atoms with Crippen LogP contribution < -0.4 is 4.31 Å². The van der Waals surface area contributed by atoms with Crippen molar-refractivity contribution in [3.63, 3.8) is 0 Å². The monoisotopic (exact) mass is 614 g/mol. The number of carbonyl (C=O) groups excluding carboxylic acids is 1. The highest BCUT2D eigenvalue weighted by Gasteiger charge is 2.23. The minimum absolute atomic E-state index is 0.0241. The number of aliphatic hydroxyl groups is 2. The molecule has 1 heterocycles. The van der Waals surface area contributed by atoms with Gasteiger partial charge in [-0.2, -0.15) is 0 Å². The molecule has 2 rings (SSSR count). The van der Waals surface area contributed by atoms with Crippen molar-refractivity contribution in [2.75, 3.05) is 44.0 Å². The second-order valence-electron chi connectivity index (χ2n) is 9.47. The number of ether oxygens (including phenoxy) is 2. The Bertz CT molecular complexity index is 1340. The van der Waals surface area contributed by atoms with Crippen LogP contribution in [0.1, 0.15) is 43.9 Å². The van der Waals surface area contributed by atoms with Gasteiger partial charge in [-0.15, -0.1) is 10.1 Å². The molecule has 232 valence electrons. The normalized spacial score (nSPS) is 13.2. The van der Waals surface area contributed by atoms with Gasteiger partial charge >= 0.3 is 5.97 Å². The fraction of sp³-hybridized carbons (Fsp3) is 0.500. The van der Waals surface area contributed by atoms with Crippen LogP contribution in [0.2, 0.25) is 0 Å². The van der Waals surface area contributed by atoms with E-state index in [1.165, 1.54) is 43.5 Å². The summed E-state index contributed by atoms with van der Waals surface area (Å²) in [4.78, 5) is 35.0. The van der Waals surface area contributed by atoms with Crippen molar-refractivity contribution < 1.29 is 47.2 Å². The molecule has 0 aliphatic carbocycles. The molecule has 0 spiro atoms. The van der Waals surface area contributed by atoms with Gasteiger partial charge in [0, 0.05) is 24.6 Å². The predicted molar refractivity (Wildman–Crippen MR) is 150 cm³/mol. The van der Waals surface area contributed by atoms with Gasteiger partial charge in [-0.3, -0.25) is 4.79 Å². The number of esters is 1. The van der Waals surface area contributed by atoms with Crippen LogP contribution >= 0.6 is 0 Å². The van der Waals surface area contributed by atoms with Crippen LogP contribution in [0.5, 0.6) is 0 Å². The maximum absolute atomic E-state index is 13.6. The van der Waals surface area contributed by atoms with E-state index in [0.29, 0.717) is 22.5 Å². The Labute approximate surface area is 242 Å². The SMILES string of the molecule is CC(C)c1nc(N(C)S(C)(=O)=O)nc(-c2ccc(F)cc2)c1/C=C/[C@@H](O)C[C@@H](O)CC(=O)OCCOCCO[N+](=O)[O-]. The third-order valence-electron chi connectivity index (χ3n) is 5.72. The molecule has 0 unspecified atom stereocenters. The molecule has 16 heteroatoms. The zero-order valence-corrected chi connectivity index (χ0v) is 24.5. The maximum atomic E-state index is 13.6. The average molecular weight is 615 g/mol. The van der Waals surface area contributed by atoms with E-state index in [-0.39, 0.29) is 44.7 Å². The number of hydrogen-bond donors (Lipinski definition) is 2. The summed E-state index contributed by atoms with van der Waals surface area (Å²) in [5.41, 5.74) is 1.71. The molecule has 2 aromatic rings. The number of nitrogens with zero attached hydrogens (tertiary/aromatic N) is 4. The van der Waals surface area contributed by atoms with Gasteiger partial charge in [-0.25, -0.2) is 27.1 Å². The summed E-state index contributed by atoms with van der Waals surface area (Å²) >= 11 is 0. The van der Waals surface area contributed by atoms with Crippen molar-refractivity contribution in [2.24, 2.45) is 0 Å². The van der Waals surface area contributed by atoms with Gasteiger partial charge in [0.15, 0.2) is 0 Å². The maximum Gasteiger partial charge on any atom is 0.308 e. The highest BCUT2D eigenvalue weighted by Crippen LogP contribution is 2.31. The third kappa shape index (κ3) is 11.3. The highest BCUT2D eigenvalue weighted by molar-refractivity contribution is 7.92. The van der Waals surface area contributed by atoms with Crippen LogP contribution in [-0.4, -0.2) is 91.6 Å². The molecular formula is C26H35FN4O10S. The Balaban J connectivity index is 2.15. The quantitative estimate of drug-likeness (QED) is 0.114. The lowest BCUT2D eigenvalue weighted by molar-refractivity contribution is -0.758. The summed E-state index contributed by atoms with van der Waals surface area (Å²) in [6, 6.07) is 5.45. The summed E-state index contributed by atoms with van der Waals surface area (Å²) < 4.78 is 48.9. The number of rotatable bonds is 17. The van der Waals surface area contributed by atoms with E-state index in [1.807, 2.05) is 13.8 Å². The smallest absolute Gasteiger partial charge is 0.308 e. The molecule has 0 aliphatic rings. The minimum Gasteiger partial charge on any atom is -0.463 e. The van der Waals surface area contributed by atoms with Crippen LogP contribution in [0.15, 0.2) is 30.3 Å². The summed E-state index contributed by atoms with van der Waals surface area (Å²) in [6.07, 6.45) is 0.884. The molecule has 0 radical (unpaired) electrons. The average Bonchev–Trinajstić information content (AvgIpc) is 2.90. The molecule has 2 N–H and O–H groups in total. The third-order valence-corrected chi connectivity index (χ3v) is 6.88.